The molecule has 6 heteroatoms. The van der Waals surface area contributed by atoms with Crippen LogP contribution in [0, 0.1) is 0 Å². The van der Waals surface area contributed by atoms with Gasteiger partial charge in [0.1, 0.15) is 0 Å². The van der Waals surface area contributed by atoms with Crippen LogP contribution in [0.5, 0.6) is 0 Å². The predicted octanol–water partition coefficient (Wildman–Crippen LogP) is 5.40. The van der Waals surface area contributed by atoms with E-state index in [9.17, 15) is 9.59 Å². The Morgan fingerprint density at radius 1 is 0.548 bits per heavy atom. The molecule has 3 amide bonds. The Kier molecular flexibility index (Phi) is 23.9. The summed E-state index contributed by atoms with van der Waals surface area (Å²) in [6, 6.07) is -0.468. The van der Waals surface area contributed by atoms with Gasteiger partial charge in [-0.05, 0) is 25.8 Å². The van der Waals surface area contributed by atoms with Gasteiger partial charge in [-0.15, -0.1) is 0 Å². The van der Waals surface area contributed by atoms with Crippen LogP contribution < -0.4 is 21.7 Å². The van der Waals surface area contributed by atoms with Gasteiger partial charge in [0, 0.05) is 26.1 Å². The SMILES string of the molecule is CCCCCCCCCCCCCCCCCC(=O)NCCNCCCCNC(N)=O. The van der Waals surface area contributed by atoms with Gasteiger partial charge in [-0.1, -0.05) is 96.8 Å². The Morgan fingerprint density at radius 3 is 1.55 bits per heavy atom. The third-order valence-electron chi connectivity index (χ3n) is 5.71. The van der Waals surface area contributed by atoms with Crippen LogP contribution in [0.3, 0.4) is 0 Å². The standard InChI is InChI=1S/C25H52N4O2/c1-2-3-4-5-6-7-8-9-10-11-12-13-14-15-16-19-24(30)28-23-22-27-20-17-18-21-29-25(26)31/h27H,2-23H2,1H3,(H,28,30)(H3,26,29,31). The number of hydrogen-bond acceptors (Lipinski definition) is 3. The molecule has 0 heterocycles. The van der Waals surface area contributed by atoms with E-state index in [4.69, 9.17) is 5.73 Å². The van der Waals surface area contributed by atoms with Crippen LogP contribution >= 0.6 is 0 Å². The molecule has 6 nitrogen and oxygen atoms in total. The quantitative estimate of drug-likeness (QED) is 0.151. The molecule has 0 unspecified atom stereocenters. The maximum absolute atomic E-state index is 11.8. The number of unbranched alkanes of at least 4 members (excludes halogenated alkanes) is 15. The molecule has 0 aromatic heterocycles. The molecule has 0 aliphatic carbocycles. The zero-order valence-corrected chi connectivity index (χ0v) is 20.5. The van der Waals surface area contributed by atoms with E-state index in [2.05, 4.69) is 22.9 Å². The molecule has 0 spiro atoms. The minimum Gasteiger partial charge on any atom is -0.355 e. The highest BCUT2D eigenvalue weighted by Gasteiger charge is 2.00. The number of nitrogens with one attached hydrogen (secondary N) is 3. The van der Waals surface area contributed by atoms with Crippen LogP contribution in [-0.2, 0) is 4.79 Å². The lowest BCUT2D eigenvalue weighted by Crippen LogP contribution is -2.32. The fraction of sp³-hybridized carbons (Fsp3) is 0.920. The van der Waals surface area contributed by atoms with Crippen molar-refractivity contribution < 1.29 is 9.59 Å². The smallest absolute Gasteiger partial charge is 0.312 e. The van der Waals surface area contributed by atoms with Crippen LogP contribution in [0.1, 0.15) is 122 Å². The fourth-order valence-corrected chi connectivity index (χ4v) is 3.75. The molecule has 5 N–H and O–H groups in total. The molecular weight excluding hydrogens is 388 g/mol. The molecule has 0 atom stereocenters. The third-order valence-corrected chi connectivity index (χ3v) is 5.71. The number of nitrogens with two attached hydrogens (primary N) is 1. The van der Waals surface area contributed by atoms with E-state index in [0.29, 0.717) is 19.5 Å². The minimum atomic E-state index is -0.468. The van der Waals surface area contributed by atoms with Crippen LogP contribution in [0.2, 0.25) is 0 Å². The summed E-state index contributed by atoms with van der Waals surface area (Å²) in [5, 5.41) is 8.84. The molecule has 0 saturated heterocycles. The van der Waals surface area contributed by atoms with Gasteiger partial charge in [0.05, 0.1) is 0 Å². The molecular formula is C25H52N4O2. The second kappa shape index (κ2) is 25.0. The lowest BCUT2D eigenvalue weighted by Gasteiger charge is -2.07. The first-order valence-electron chi connectivity index (χ1n) is 13.2. The first-order chi connectivity index (χ1) is 15.2. The van der Waals surface area contributed by atoms with Gasteiger partial charge in [-0.2, -0.15) is 0 Å². The Balaban J connectivity index is 3.15. The fourth-order valence-electron chi connectivity index (χ4n) is 3.75. The highest BCUT2D eigenvalue weighted by molar-refractivity contribution is 5.75. The van der Waals surface area contributed by atoms with Gasteiger partial charge >= 0.3 is 6.03 Å². The summed E-state index contributed by atoms with van der Waals surface area (Å²) in [5.41, 5.74) is 5.00. The Hall–Kier alpha value is -1.30. The van der Waals surface area contributed by atoms with Gasteiger partial charge in [-0.3, -0.25) is 4.79 Å². The topological polar surface area (TPSA) is 96.2 Å². The average molecular weight is 441 g/mol. The highest BCUT2D eigenvalue weighted by Crippen LogP contribution is 2.13. The molecule has 31 heavy (non-hydrogen) atoms. The molecule has 0 rings (SSSR count). The maximum Gasteiger partial charge on any atom is 0.312 e. The number of primary amides is 1. The van der Waals surface area contributed by atoms with Crippen molar-refractivity contribution in [2.24, 2.45) is 5.73 Å². The van der Waals surface area contributed by atoms with Gasteiger partial charge in [0.2, 0.25) is 5.91 Å². The molecule has 0 saturated carbocycles. The summed E-state index contributed by atoms with van der Waals surface area (Å²) in [4.78, 5) is 22.3. The highest BCUT2D eigenvalue weighted by atomic mass is 16.2. The number of amides is 3. The second-order valence-corrected chi connectivity index (χ2v) is 8.80. The van der Waals surface area contributed by atoms with Crippen molar-refractivity contribution in [1.29, 1.82) is 0 Å². The summed E-state index contributed by atoms with van der Waals surface area (Å²) in [5.74, 6) is 0.169. The lowest BCUT2D eigenvalue weighted by atomic mass is 10.0. The monoisotopic (exact) mass is 440 g/mol. The summed E-state index contributed by atoms with van der Waals surface area (Å²) in [6.45, 7) is 5.24. The van der Waals surface area contributed by atoms with E-state index >= 15 is 0 Å². The predicted molar refractivity (Wildman–Crippen MR) is 132 cm³/mol. The first kappa shape index (κ1) is 29.7. The van der Waals surface area contributed by atoms with Crippen molar-refractivity contribution in [3.63, 3.8) is 0 Å². The number of carbonyl (C=O) groups excluding carboxylic acids is 2. The zero-order chi connectivity index (χ0) is 22.8. The van der Waals surface area contributed by atoms with Gasteiger partial charge in [0.25, 0.3) is 0 Å². The van der Waals surface area contributed by atoms with Crippen molar-refractivity contribution >= 4 is 11.9 Å². The Morgan fingerprint density at radius 2 is 1.03 bits per heavy atom. The Labute approximate surface area is 192 Å². The van der Waals surface area contributed by atoms with Crippen LogP contribution in [0.15, 0.2) is 0 Å². The number of rotatable bonds is 24. The van der Waals surface area contributed by atoms with E-state index in [-0.39, 0.29) is 5.91 Å². The van der Waals surface area contributed by atoms with Crippen molar-refractivity contribution in [3.05, 3.63) is 0 Å². The average Bonchev–Trinajstić information content (AvgIpc) is 2.75. The Bertz CT molecular complexity index is 405. The maximum atomic E-state index is 11.8. The van der Waals surface area contributed by atoms with Gasteiger partial charge < -0.3 is 21.7 Å². The molecule has 0 aromatic carbocycles. The van der Waals surface area contributed by atoms with E-state index in [1.54, 1.807) is 0 Å². The van der Waals surface area contributed by atoms with Crippen molar-refractivity contribution in [2.45, 2.75) is 122 Å². The second-order valence-electron chi connectivity index (χ2n) is 8.80. The number of urea groups is 1. The normalized spacial score (nSPS) is 10.9. The van der Waals surface area contributed by atoms with E-state index in [1.807, 2.05) is 0 Å². The van der Waals surface area contributed by atoms with Gasteiger partial charge in [0.15, 0.2) is 0 Å². The molecule has 184 valence electrons. The van der Waals surface area contributed by atoms with Crippen molar-refractivity contribution in [3.8, 4) is 0 Å². The van der Waals surface area contributed by atoms with Crippen LogP contribution in [0.4, 0.5) is 4.79 Å². The molecule has 0 aromatic rings. The van der Waals surface area contributed by atoms with Crippen LogP contribution in [0.25, 0.3) is 0 Å². The van der Waals surface area contributed by atoms with Crippen LogP contribution in [-0.4, -0.2) is 38.1 Å². The first-order valence-corrected chi connectivity index (χ1v) is 13.2. The number of hydrogen-bond donors (Lipinski definition) is 4. The van der Waals surface area contributed by atoms with Crippen molar-refractivity contribution in [2.75, 3.05) is 26.2 Å². The van der Waals surface area contributed by atoms with E-state index in [1.165, 1.54) is 89.9 Å². The lowest BCUT2D eigenvalue weighted by molar-refractivity contribution is -0.121. The molecule has 0 radical (unpaired) electrons. The molecule has 0 aliphatic rings. The van der Waals surface area contributed by atoms with Gasteiger partial charge in [-0.25, -0.2) is 4.79 Å². The third kappa shape index (κ3) is 26.7. The zero-order valence-electron chi connectivity index (χ0n) is 20.5. The summed E-state index contributed by atoms with van der Waals surface area (Å²) >= 11 is 0. The van der Waals surface area contributed by atoms with E-state index < -0.39 is 6.03 Å². The molecule has 0 fully saturated rings. The molecule has 0 bridgehead atoms. The number of carbonyl (C=O) groups is 2. The largest absolute Gasteiger partial charge is 0.355 e. The minimum absolute atomic E-state index is 0.169. The van der Waals surface area contributed by atoms with E-state index in [0.717, 1.165) is 32.4 Å². The summed E-state index contributed by atoms with van der Waals surface area (Å²) in [7, 11) is 0. The summed E-state index contributed by atoms with van der Waals surface area (Å²) in [6.07, 6.45) is 22.7. The van der Waals surface area contributed by atoms with Crippen molar-refractivity contribution in [1.82, 2.24) is 16.0 Å². The molecule has 0 aliphatic heterocycles. The summed E-state index contributed by atoms with van der Waals surface area (Å²) < 4.78 is 0.